The van der Waals surface area contributed by atoms with E-state index in [1.807, 2.05) is 30.3 Å². The molecule has 2 aromatic rings. The van der Waals surface area contributed by atoms with Gasteiger partial charge in [0.1, 0.15) is 23.3 Å². The zero-order valence-electron chi connectivity index (χ0n) is 12.6. The van der Waals surface area contributed by atoms with Crippen LogP contribution in [0.15, 0.2) is 59.7 Å². The van der Waals surface area contributed by atoms with Gasteiger partial charge in [-0.2, -0.15) is 5.59 Å². The molecule has 5 nitrogen and oxygen atoms in total. The lowest BCUT2D eigenvalue weighted by Crippen LogP contribution is -2.18. The Labute approximate surface area is 139 Å². The first-order valence-electron chi connectivity index (χ1n) is 7.01. The SMILES string of the molecule is CC(=O)C(/C(Cl)=N/NO)c1ccc(OCc2ccccc2)cc1. The molecule has 23 heavy (non-hydrogen) atoms. The average Bonchev–Trinajstić information content (AvgIpc) is 2.55. The third-order valence-electron chi connectivity index (χ3n) is 3.26. The number of benzene rings is 2. The first-order chi connectivity index (χ1) is 11.1. The van der Waals surface area contributed by atoms with Crippen LogP contribution in [-0.4, -0.2) is 16.2 Å². The highest BCUT2D eigenvalue weighted by molar-refractivity contribution is 6.68. The number of halogens is 1. The van der Waals surface area contributed by atoms with Gasteiger partial charge < -0.3 is 4.74 Å². The van der Waals surface area contributed by atoms with Crippen LogP contribution in [0, 0.1) is 0 Å². The number of Topliss-reactive ketones (excluding diaryl/α,β-unsaturated/α-hetero) is 1. The maximum Gasteiger partial charge on any atom is 0.144 e. The Bertz CT molecular complexity index is 672. The molecule has 2 N–H and O–H groups in total. The molecule has 2 rings (SSSR count). The van der Waals surface area contributed by atoms with Gasteiger partial charge in [0.25, 0.3) is 0 Å². The quantitative estimate of drug-likeness (QED) is 0.601. The molecule has 0 bridgehead atoms. The molecule has 0 amide bonds. The van der Waals surface area contributed by atoms with Gasteiger partial charge in [-0.15, -0.1) is 5.10 Å². The van der Waals surface area contributed by atoms with Crippen molar-refractivity contribution in [2.45, 2.75) is 19.4 Å². The Morgan fingerprint density at radius 3 is 2.43 bits per heavy atom. The topological polar surface area (TPSA) is 70.9 Å². The lowest BCUT2D eigenvalue weighted by molar-refractivity contribution is -0.117. The number of nitrogens with one attached hydrogen (secondary N) is 1. The van der Waals surface area contributed by atoms with Gasteiger partial charge in [0.05, 0.1) is 5.92 Å². The van der Waals surface area contributed by atoms with Crippen LogP contribution in [0.1, 0.15) is 24.0 Å². The van der Waals surface area contributed by atoms with Gasteiger partial charge in [0.2, 0.25) is 0 Å². The molecule has 0 radical (unpaired) electrons. The van der Waals surface area contributed by atoms with E-state index in [-0.39, 0.29) is 11.0 Å². The van der Waals surface area contributed by atoms with Crippen molar-refractivity contribution in [3.05, 3.63) is 65.7 Å². The zero-order valence-corrected chi connectivity index (χ0v) is 13.3. The lowest BCUT2D eigenvalue weighted by Gasteiger charge is -2.13. The third kappa shape index (κ3) is 4.81. The van der Waals surface area contributed by atoms with Crippen molar-refractivity contribution in [3.8, 4) is 5.75 Å². The fraction of sp³-hybridized carbons (Fsp3) is 0.176. The van der Waals surface area contributed by atoms with Crippen LogP contribution in [0.4, 0.5) is 0 Å². The van der Waals surface area contributed by atoms with Gasteiger partial charge in [0.15, 0.2) is 0 Å². The highest BCUT2D eigenvalue weighted by Gasteiger charge is 2.22. The Kier molecular flexibility index (Phi) is 6.14. The maximum absolute atomic E-state index is 11.8. The van der Waals surface area contributed by atoms with E-state index in [4.69, 9.17) is 21.5 Å². The molecule has 1 unspecified atom stereocenters. The Morgan fingerprint density at radius 1 is 1.22 bits per heavy atom. The molecule has 0 aliphatic rings. The number of hydrogen-bond acceptors (Lipinski definition) is 5. The van der Waals surface area contributed by atoms with E-state index in [9.17, 15) is 4.79 Å². The molecule has 0 saturated heterocycles. The summed E-state index contributed by atoms with van der Waals surface area (Å²) in [5, 5.41) is 12.0. The summed E-state index contributed by atoms with van der Waals surface area (Å²) in [4.78, 5) is 11.8. The third-order valence-corrected chi connectivity index (χ3v) is 3.57. The highest BCUT2D eigenvalue weighted by atomic mass is 35.5. The van der Waals surface area contributed by atoms with E-state index < -0.39 is 5.92 Å². The van der Waals surface area contributed by atoms with E-state index in [1.165, 1.54) is 6.92 Å². The maximum atomic E-state index is 11.8. The van der Waals surface area contributed by atoms with Gasteiger partial charge in [-0.3, -0.25) is 10.0 Å². The summed E-state index contributed by atoms with van der Waals surface area (Å²) in [5.74, 6) is -0.209. The van der Waals surface area contributed by atoms with Gasteiger partial charge in [0, 0.05) is 0 Å². The minimum Gasteiger partial charge on any atom is -0.489 e. The van der Waals surface area contributed by atoms with Crippen molar-refractivity contribution >= 4 is 22.6 Å². The number of rotatable bonds is 7. The van der Waals surface area contributed by atoms with Gasteiger partial charge in [-0.1, -0.05) is 54.1 Å². The standard InChI is InChI=1S/C17H17ClN2O3/c1-12(21)16(17(18)19-20-22)14-7-9-15(10-8-14)23-11-13-5-3-2-4-6-13/h2-10,16,20,22H,11H2,1H3/b19-17-. The molecule has 0 aromatic heterocycles. The molecule has 120 valence electrons. The van der Waals surface area contributed by atoms with Crippen molar-refractivity contribution in [2.24, 2.45) is 5.10 Å². The van der Waals surface area contributed by atoms with E-state index in [0.29, 0.717) is 17.9 Å². The molecule has 6 heteroatoms. The summed E-state index contributed by atoms with van der Waals surface area (Å²) in [5.41, 5.74) is 3.35. The first-order valence-corrected chi connectivity index (χ1v) is 7.39. The fourth-order valence-corrected chi connectivity index (χ4v) is 2.47. The van der Waals surface area contributed by atoms with Crippen molar-refractivity contribution in [1.82, 2.24) is 5.59 Å². The van der Waals surface area contributed by atoms with E-state index in [1.54, 1.807) is 29.9 Å². The van der Waals surface area contributed by atoms with Crippen molar-refractivity contribution in [3.63, 3.8) is 0 Å². The van der Waals surface area contributed by atoms with Crippen LogP contribution < -0.4 is 10.3 Å². The molecule has 0 aliphatic heterocycles. The molecule has 0 aliphatic carbocycles. The number of nitrogens with zero attached hydrogens (tertiary/aromatic N) is 1. The number of carbonyl (C=O) groups is 1. The second kappa shape index (κ2) is 8.31. The van der Waals surface area contributed by atoms with E-state index in [0.717, 1.165) is 5.56 Å². The Balaban J connectivity index is 2.08. The normalized spacial score (nSPS) is 12.6. The number of ether oxygens (including phenoxy) is 1. The van der Waals surface area contributed by atoms with Crippen LogP contribution in [0.25, 0.3) is 0 Å². The van der Waals surface area contributed by atoms with Crippen LogP contribution in [0.5, 0.6) is 5.75 Å². The molecule has 0 spiro atoms. The van der Waals surface area contributed by atoms with Gasteiger partial charge >= 0.3 is 0 Å². The number of carbonyl (C=O) groups excluding carboxylic acids is 1. The summed E-state index contributed by atoms with van der Waals surface area (Å²) in [7, 11) is 0. The van der Waals surface area contributed by atoms with Crippen LogP contribution in [0.3, 0.4) is 0 Å². The monoisotopic (exact) mass is 332 g/mol. The number of hydrazone groups is 1. The largest absolute Gasteiger partial charge is 0.489 e. The van der Waals surface area contributed by atoms with Crippen LogP contribution in [-0.2, 0) is 11.4 Å². The molecule has 0 fully saturated rings. The number of ketones is 1. The lowest BCUT2D eigenvalue weighted by atomic mass is 9.96. The molecular formula is C17H17ClN2O3. The summed E-state index contributed by atoms with van der Waals surface area (Å²) in [6.45, 7) is 1.88. The predicted octanol–water partition coefficient (Wildman–Crippen LogP) is 3.47. The first kappa shape index (κ1) is 17.0. The van der Waals surface area contributed by atoms with E-state index in [2.05, 4.69) is 5.10 Å². The average molecular weight is 333 g/mol. The van der Waals surface area contributed by atoms with Crippen molar-refractivity contribution < 1.29 is 14.7 Å². The van der Waals surface area contributed by atoms with Crippen molar-refractivity contribution in [1.29, 1.82) is 0 Å². The highest BCUT2D eigenvalue weighted by Crippen LogP contribution is 2.24. The summed E-state index contributed by atoms with van der Waals surface area (Å²) < 4.78 is 5.69. The van der Waals surface area contributed by atoms with Gasteiger partial charge in [-0.25, -0.2) is 0 Å². The van der Waals surface area contributed by atoms with Crippen LogP contribution in [0.2, 0.25) is 0 Å². The van der Waals surface area contributed by atoms with Crippen molar-refractivity contribution in [2.75, 3.05) is 0 Å². The fourth-order valence-electron chi connectivity index (χ4n) is 2.15. The van der Waals surface area contributed by atoms with E-state index >= 15 is 0 Å². The van der Waals surface area contributed by atoms with Crippen LogP contribution >= 0.6 is 11.6 Å². The molecule has 2 aromatic carbocycles. The zero-order chi connectivity index (χ0) is 16.7. The summed E-state index contributed by atoms with van der Waals surface area (Å²) >= 11 is 5.93. The molecular weight excluding hydrogens is 316 g/mol. The van der Waals surface area contributed by atoms with Gasteiger partial charge in [-0.05, 0) is 30.2 Å². The summed E-state index contributed by atoms with van der Waals surface area (Å²) in [6, 6.07) is 16.9. The minimum absolute atomic E-state index is 0.0297. The minimum atomic E-state index is -0.723. The molecule has 0 saturated carbocycles. The second-order valence-electron chi connectivity index (χ2n) is 4.92. The molecule has 1 atom stereocenters. The molecule has 0 heterocycles. The second-order valence-corrected chi connectivity index (χ2v) is 5.31. The smallest absolute Gasteiger partial charge is 0.144 e. The summed E-state index contributed by atoms with van der Waals surface area (Å²) in [6.07, 6.45) is 0. The number of hydrogen-bond donors (Lipinski definition) is 2. The Hall–Kier alpha value is -2.37. The Morgan fingerprint density at radius 2 is 1.87 bits per heavy atom. The predicted molar refractivity (Wildman–Crippen MR) is 88.8 cm³/mol.